The average molecular weight is 431 g/mol. The maximum atomic E-state index is 12.4. The molecule has 1 aliphatic rings. The van der Waals surface area contributed by atoms with Crippen molar-refractivity contribution in [1.82, 2.24) is 0 Å². The first-order valence-corrected chi connectivity index (χ1v) is 10.2. The highest BCUT2D eigenvalue weighted by atomic mass is 35.5. The maximum Gasteiger partial charge on any atom is 0.256 e. The lowest BCUT2D eigenvalue weighted by Crippen LogP contribution is -2.04. The van der Waals surface area contributed by atoms with E-state index in [0.29, 0.717) is 34.3 Å². The zero-order valence-electron chi connectivity index (χ0n) is 16.8. The minimum atomic E-state index is -0.163. The van der Waals surface area contributed by atoms with Crippen LogP contribution in [0.4, 0.5) is 5.69 Å². The molecule has 1 heterocycles. The third-order valence-corrected chi connectivity index (χ3v) is 5.14. The van der Waals surface area contributed by atoms with Gasteiger partial charge in [-0.1, -0.05) is 48.0 Å². The van der Waals surface area contributed by atoms with Crippen molar-refractivity contribution in [3.8, 4) is 17.6 Å². The van der Waals surface area contributed by atoms with E-state index in [1.165, 1.54) is 0 Å². The Morgan fingerprint density at radius 3 is 2.68 bits per heavy atom. The maximum absolute atomic E-state index is 12.4. The number of benzene rings is 3. The molecule has 0 spiro atoms. The van der Waals surface area contributed by atoms with Gasteiger partial charge in [0, 0.05) is 22.4 Å². The molecule has 6 heteroatoms. The predicted octanol–water partition coefficient (Wildman–Crippen LogP) is 5.68. The molecule has 1 amide bonds. The van der Waals surface area contributed by atoms with E-state index in [-0.39, 0.29) is 12.5 Å². The second-order valence-corrected chi connectivity index (χ2v) is 7.29. The average Bonchev–Trinajstić information content (AvgIpc) is 3.08. The molecule has 154 valence electrons. The molecule has 0 saturated heterocycles. The summed E-state index contributed by atoms with van der Waals surface area (Å²) in [5.41, 5.74) is 4.21. The van der Waals surface area contributed by atoms with Crippen molar-refractivity contribution in [2.45, 2.75) is 13.5 Å². The van der Waals surface area contributed by atoms with Crippen LogP contribution in [0.5, 0.6) is 11.5 Å². The summed E-state index contributed by atoms with van der Waals surface area (Å²) in [5, 5.41) is 12.5. The van der Waals surface area contributed by atoms with Gasteiger partial charge in [-0.15, -0.1) is 0 Å². The summed E-state index contributed by atoms with van der Waals surface area (Å²) in [5.74, 6) is 0.710. The molecule has 0 radical (unpaired) electrons. The van der Waals surface area contributed by atoms with Gasteiger partial charge in [-0.25, -0.2) is 0 Å². The van der Waals surface area contributed by atoms with Crippen molar-refractivity contribution in [2.75, 3.05) is 11.9 Å². The van der Waals surface area contributed by atoms with E-state index < -0.39 is 0 Å². The Labute approximate surface area is 185 Å². The molecule has 0 unspecified atom stereocenters. The van der Waals surface area contributed by atoms with Gasteiger partial charge in [0.25, 0.3) is 5.91 Å². The minimum Gasteiger partial charge on any atom is -0.490 e. The molecule has 3 aromatic rings. The van der Waals surface area contributed by atoms with Crippen molar-refractivity contribution >= 4 is 34.8 Å². The second kappa shape index (κ2) is 8.95. The van der Waals surface area contributed by atoms with E-state index in [2.05, 4.69) is 11.4 Å². The van der Waals surface area contributed by atoms with Gasteiger partial charge >= 0.3 is 0 Å². The molecular weight excluding hydrogens is 412 g/mol. The number of hydrogen-bond acceptors (Lipinski definition) is 4. The number of nitriles is 1. The van der Waals surface area contributed by atoms with Crippen molar-refractivity contribution in [2.24, 2.45) is 0 Å². The van der Waals surface area contributed by atoms with Gasteiger partial charge in [-0.3, -0.25) is 4.79 Å². The van der Waals surface area contributed by atoms with Crippen molar-refractivity contribution in [3.05, 3.63) is 87.9 Å². The largest absolute Gasteiger partial charge is 0.490 e. The van der Waals surface area contributed by atoms with Crippen LogP contribution in [0.3, 0.4) is 0 Å². The molecule has 1 aliphatic heterocycles. The summed E-state index contributed by atoms with van der Waals surface area (Å²) in [7, 11) is 0. The highest BCUT2D eigenvalue weighted by Crippen LogP contribution is 2.39. The summed E-state index contributed by atoms with van der Waals surface area (Å²) in [6.45, 7) is 2.47. The van der Waals surface area contributed by atoms with Gasteiger partial charge in [-0.05, 0) is 42.8 Å². The molecule has 31 heavy (non-hydrogen) atoms. The van der Waals surface area contributed by atoms with Gasteiger partial charge < -0.3 is 14.8 Å². The first-order chi connectivity index (χ1) is 15.1. The molecule has 0 bridgehead atoms. The standard InChI is InChI=1S/C25H19ClN2O3/c1-2-30-23-13-16(11-20-19-9-5-6-10-22(19)28-25(20)29)12-21(26)24(23)31-15-18-8-4-3-7-17(18)14-27/h3-13H,2,15H2,1H3,(H,28,29)/b20-11+. The van der Waals surface area contributed by atoms with Gasteiger partial charge in [-0.2, -0.15) is 5.26 Å². The molecule has 4 rings (SSSR count). The van der Waals surface area contributed by atoms with E-state index in [9.17, 15) is 10.1 Å². The Morgan fingerprint density at radius 1 is 1.10 bits per heavy atom. The number of fused-ring (bicyclic) bond motifs is 1. The minimum absolute atomic E-state index is 0.163. The van der Waals surface area contributed by atoms with Crippen LogP contribution in [0.25, 0.3) is 11.6 Å². The summed E-state index contributed by atoms with van der Waals surface area (Å²) in [6, 6.07) is 20.4. The fraction of sp³-hybridized carbons (Fsp3) is 0.120. The molecule has 3 aromatic carbocycles. The zero-order chi connectivity index (χ0) is 21.8. The molecular formula is C25H19ClN2O3. The number of hydrogen-bond donors (Lipinski definition) is 1. The van der Waals surface area contributed by atoms with Crippen LogP contribution >= 0.6 is 11.6 Å². The summed E-state index contributed by atoms with van der Waals surface area (Å²) in [4.78, 5) is 12.4. The smallest absolute Gasteiger partial charge is 0.256 e. The number of carbonyl (C=O) groups is 1. The summed E-state index contributed by atoms with van der Waals surface area (Å²) < 4.78 is 11.7. The lowest BCUT2D eigenvalue weighted by molar-refractivity contribution is -0.110. The second-order valence-electron chi connectivity index (χ2n) is 6.88. The van der Waals surface area contributed by atoms with Crippen LogP contribution in [0.1, 0.15) is 29.2 Å². The van der Waals surface area contributed by atoms with Crippen molar-refractivity contribution in [3.63, 3.8) is 0 Å². The topological polar surface area (TPSA) is 71.3 Å². The van der Waals surface area contributed by atoms with E-state index >= 15 is 0 Å². The van der Waals surface area contributed by atoms with Crippen LogP contribution in [0.2, 0.25) is 5.02 Å². The normalized spacial score (nSPS) is 13.5. The molecule has 0 aromatic heterocycles. The van der Waals surface area contributed by atoms with Crippen LogP contribution in [-0.4, -0.2) is 12.5 Å². The van der Waals surface area contributed by atoms with Crippen LogP contribution in [0, 0.1) is 11.3 Å². The number of anilines is 1. The Balaban J connectivity index is 1.67. The highest BCUT2D eigenvalue weighted by molar-refractivity contribution is 6.35. The van der Waals surface area contributed by atoms with E-state index in [4.69, 9.17) is 21.1 Å². The first kappa shape index (κ1) is 20.5. The van der Waals surface area contributed by atoms with Gasteiger partial charge in [0.05, 0.1) is 23.3 Å². The molecule has 0 fully saturated rings. The number of ether oxygens (including phenoxy) is 2. The number of amides is 1. The first-order valence-electron chi connectivity index (χ1n) is 9.80. The predicted molar refractivity (Wildman–Crippen MR) is 121 cm³/mol. The summed E-state index contributed by atoms with van der Waals surface area (Å²) >= 11 is 6.53. The van der Waals surface area contributed by atoms with Crippen molar-refractivity contribution < 1.29 is 14.3 Å². The fourth-order valence-corrected chi connectivity index (χ4v) is 3.70. The number of nitrogens with zero attached hydrogens (tertiary/aromatic N) is 1. The number of nitrogens with one attached hydrogen (secondary N) is 1. The molecule has 1 N–H and O–H groups in total. The van der Waals surface area contributed by atoms with Gasteiger partial charge in [0.1, 0.15) is 6.61 Å². The van der Waals surface area contributed by atoms with Crippen LogP contribution in [0.15, 0.2) is 60.7 Å². The monoisotopic (exact) mass is 430 g/mol. The van der Waals surface area contributed by atoms with E-state index in [0.717, 1.165) is 22.4 Å². The van der Waals surface area contributed by atoms with Crippen molar-refractivity contribution in [1.29, 1.82) is 5.26 Å². The lowest BCUT2D eigenvalue weighted by Gasteiger charge is -2.15. The number of para-hydroxylation sites is 1. The quantitative estimate of drug-likeness (QED) is 0.510. The SMILES string of the molecule is CCOc1cc(/C=C2/C(=O)Nc3ccccc32)cc(Cl)c1OCc1ccccc1C#N. The highest BCUT2D eigenvalue weighted by Gasteiger charge is 2.24. The number of carbonyl (C=O) groups excluding carboxylic acids is 1. The van der Waals surface area contributed by atoms with Gasteiger partial charge in [0.2, 0.25) is 0 Å². The van der Waals surface area contributed by atoms with E-state index in [1.54, 1.807) is 30.3 Å². The van der Waals surface area contributed by atoms with Crippen LogP contribution < -0.4 is 14.8 Å². The molecule has 0 aliphatic carbocycles. The molecule has 0 atom stereocenters. The van der Waals surface area contributed by atoms with Gasteiger partial charge in [0.15, 0.2) is 11.5 Å². The zero-order valence-corrected chi connectivity index (χ0v) is 17.6. The Bertz CT molecular complexity index is 1230. The Kier molecular flexibility index (Phi) is 5.92. The molecule has 5 nitrogen and oxygen atoms in total. The number of rotatable bonds is 6. The third kappa shape index (κ3) is 4.25. The Morgan fingerprint density at radius 2 is 1.87 bits per heavy atom. The summed E-state index contributed by atoms with van der Waals surface area (Å²) in [6.07, 6.45) is 1.78. The molecule has 0 saturated carbocycles. The lowest BCUT2D eigenvalue weighted by atomic mass is 10.0. The third-order valence-electron chi connectivity index (χ3n) is 4.86. The Hall–Kier alpha value is -3.75. The fourth-order valence-electron chi connectivity index (χ4n) is 3.43. The number of halogens is 1. The van der Waals surface area contributed by atoms with E-state index in [1.807, 2.05) is 43.3 Å². The van der Waals surface area contributed by atoms with Crippen LogP contribution in [-0.2, 0) is 11.4 Å².